The van der Waals surface area contributed by atoms with Crippen LogP contribution in [0, 0.1) is 0 Å². The Morgan fingerprint density at radius 1 is 1.06 bits per heavy atom. The fourth-order valence-electron chi connectivity index (χ4n) is 4.54. The van der Waals surface area contributed by atoms with Crippen LogP contribution in [0.4, 0.5) is 16.3 Å². The van der Waals surface area contributed by atoms with E-state index in [1.165, 1.54) is 0 Å². The van der Waals surface area contributed by atoms with Crippen molar-refractivity contribution in [3.05, 3.63) is 48.2 Å². The highest BCUT2D eigenvalue weighted by Gasteiger charge is 2.32. The number of fused-ring (bicyclic) bond motifs is 2. The van der Waals surface area contributed by atoms with Crippen molar-refractivity contribution in [3.63, 3.8) is 0 Å². The zero-order valence-electron chi connectivity index (χ0n) is 17.7. The van der Waals surface area contributed by atoms with Gasteiger partial charge in [0.15, 0.2) is 17.3 Å². The summed E-state index contributed by atoms with van der Waals surface area (Å²) in [6, 6.07) is 12.1. The van der Waals surface area contributed by atoms with Crippen LogP contribution in [0.5, 0.6) is 11.5 Å². The third-order valence-corrected chi connectivity index (χ3v) is 6.21. The van der Waals surface area contributed by atoms with E-state index in [1.807, 2.05) is 35.2 Å². The summed E-state index contributed by atoms with van der Waals surface area (Å²) in [6.45, 7) is 2.26. The average Bonchev–Trinajstić information content (AvgIpc) is 2.82. The van der Waals surface area contributed by atoms with Crippen molar-refractivity contribution in [1.82, 2.24) is 15.1 Å². The standard InChI is InChI=1S/C23H25N5O3/c1-30-20-11-16-13-24-26-22(18(16)12-21(20)31-2)27-9-7-17(8-10-27)28-14-15-5-3-4-6-19(15)25-23(28)29/h3-6,11-13,17H,7-10,14H2,1-2H3,(H,25,29). The molecule has 2 aliphatic rings. The first-order valence-electron chi connectivity index (χ1n) is 10.5. The normalized spacial score (nSPS) is 16.8. The minimum Gasteiger partial charge on any atom is -0.493 e. The predicted octanol–water partition coefficient (Wildman–Crippen LogP) is 3.66. The van der Waals surface area contributed by atoms with Gasteiger partial charge >= 0.3 is 6.03 Å². The molecule has 0 bridgehead atoms. The Labute approximate surface area is 180 Å². The van der Waals surface area contributed by atoms with Crippen LogP contribution >= 0.6 is 0 Å². The van der Waals surface area contributed by atoms with Crippen molar-refractivity contribution in [2.75, 3.05) is 37.5 Å². The van der Waals surface area contributed by atoms with Gasteiger partial charge in [-0.15, -0.1) is 5.10 Å². The number of carbonyl (C=O) groups is 1. The number of nitrogens with one attached hydrogen (secondary N) is 1. The Bertz CT molecular complexity index is 1130. The van der Waals surface area contributed by atoms with Gasteiger partial charge in [0, 0.05) is 42.1 Å². The van der Waals surface area contributed by atoms with Gasteiger partial charge in [0.05, 0.1) is 20.4 Å². The van der Waals surface area contributed by atoms with Gasteiger partial charge in [0.1, 0.15) is 0 Å². The highest BCUT2D eigenvalue weighted by atomic mass is 16.5. The van der Waals surface area contributed by atoms with Crippen LogP contribution in [0.15, 0.2) is 42.6 Å². The number of piperidine rings is 1. The van der Waals surface area contributed by atoms with Gasteiger partial charge < -0.3 is 24.6 Å². The van der Waals surface area contributed by atoms with Gasteiger partial charge in [-0.05, 0) is 36.6 Å². The van der Waals surface area contributed by atoms with E-state index in [-0.39, 0.29) is 12.1 Å². The predicted molar refractivity (Wildman–Crippen MR) is 119 cm³/mol. The minimum atomic E-state index is -0.0149. The number of para-hydroxylation sites is 1. The number of carbonyl (C=O) groups excluding carboxylic acids is 1. The molecule has 160 valence electrons. The second-order valence-electron chi connectivity index (χ2n) is 7.90. The number of hydrogen-bond donors (Lipinski definition) is 1. The number of aromatic nitrogens is 2. The fraction of sp³-hybridized carbons (Fsp3) is 0.348. The summed E-state index contributed by atoms with van der Waals surface area (Å²) >= 11 is 0. The molecule has 1 N–H and O–H groups in total. The Kier molecular flexibility index (Phi) is 4.97. The molecule has 8 heteroatoms. The number of methoxy groups -OCH3 is 2. The van der Waals surface area contributed by atoms with E-state index in [2.05, 4.69) is 26.5 Å². The molecule has 0 radical (unpaired) electrons. The highest BCUT2D eigenvalue weighted by molar-refractivity contribution is 5.94. The van der Waals surface area contributed by atoms with Crippen LogP contribution < -0.4 is 19.7 Å². The molecular formula is C23H25N5O3. The van der Waals surface area contributed by atoms with Gasteiger partial charge in [0.2, 0.25) is 0 Å². The lowest BCUT2D eigenvalue weighted by atomic mass is 10.0. The second-order valence-corrected chi connectivity index (χ2v) is 7.90. The third-order valence-electron chi connectivity index (χ3n) is 6.21. The molecule has 0 saturated carbocycles. The van der Waals surface area contributed by atoms with Crippen LogP contribution in [0.2, 0.25) is 0 Å². The summed E-state index contributed by atoms with van der Waals surface area (Å²) < 4.78 is 10.9. The highest BCUT2D eigenvalue weighted by Crippen LogP contribution is 2.36. The number of anilines is 2. The van der Waals surface area contributed by atoms with E-state index in [0.717, 1.165) is 53.8 Å². The largest absolute Gasteiger partial charge is 0.493 e. The van der Waals surface area contributed by atoms with E-state index in [1.54, 1.807) is 20.4 Å². The van der Waals surface area contributed by atoms with Crippen molar-refractivity contribution in [2.24, 2.45) is 0 Å². The van der Waals surface area contributed by atoms with Gasteiger partial charge in [0.25, 0.3) is 0 Å². The van der Waals surface area contributed by atoms with Gasteiger partial charge in [-0.1, -0.05) is 18.2 Å². The molecule has 1 fully saturated rings. The maximum absolute atomic E-state index is 12.7. The number of rotatable bonds is 4. The van der Waals surface area contributed by atoms with Crippen molar-refractivity contribution in [1.29, 1.82) is 0 Å². The lowest BCUT2D eigenvalue weighted by Crippen LogP contribution is -2.50. The number of nitrogens with zero attached hydrogens (tertiary/aromatic N) is 4. The van der Waals surface area contributed by atoms with E-state index in [0.29, 0.717) is 18.0 Å². The van der Waals surface area contributed by atoms with Crippen molar-refractivity contribution in [3.8, 4) is 11.5 Å². The molecular weight excluding hydrogens is 394 g/mol. The van der Waals surface area contributed by atoms with Crippen LogP contribution in [-0.4, -0.2) is 54.5 Å². The van der Waals surface area contributed by atoms with Gasteiger partial charge in [-0.2, -0.15) is 5.10 Å². The summed E-state index contributed by atoms with van der Waals surface area (Å²) in [4.78, 5) is 16.9. The zero-order chi connectivity index (χ0) is 21.4. The average molecular weight is 419 g/mol. The Hall–Kier alpha value is -3.55. The first-order chi connectivity index (χ1) is 15.2. The van der Waals surface area contributed by atoms with Crippen LogP contribution in [0.3, 0.4) is 0 Å². The molecule has 8 nitrogen and oxygen atoms in total. The maximum Gasteiger partial charge on any atom is 0.322 e. The molecule has 2 amide bonds. The van der Waals surface area contributed by atoms with E-state index < -0.39 is 0 Å². The second kappa shape index (κ2) is 7.94. The maximum atomic E-state index is 12.7. The Balaban J connectivity index is 1.35. The number of benzene rings is 2. The Morgan fingerprint density at radius 3 is 2.58 bits per heavy atom. The molecule has 2 aliphatic heterocycles. The SMILES string of the molecule is COc1cc2cnnc(N3CCC(N4Cc5ccccc5NC4=O)CC3)c2cc1OC. The van der Waals surface area contributed by atoms with Gasteiger partial charge in [-0.3, -0.25) is 0 Å². The summed E-state index contributed by atoms with van der Waals surface area (Å²) in [7, 11) is 3.25. The number of amides is 2. The first kappa shape index (κ1) is 19.4. The van der Waals surface area contributed by atoms with E-state index in [4.69, 9.17) is 9.47 Å². The summed E-state index contributed by atoms with van der Waals surface area (Å²) in [5.41, 5.74) is 2.07. The molecule has 3 heterocycles. The molecule has 2 aromatic carbocycles. The number of urea groups is 1. The number of ether oxygens (including phenoxy) is 2. The minimum absolute atomic E-state index is 0.0149. The van der Waals surface area contributed by atoms with E-state index >= 15 is 0 Å². The molecule has 0 aliphatic carbocycles. The molecule has 1 saturated heterocycles. The zero-order valence-corrected chi connectivity index (χ0v) is 17.7. The lowest BCUT2D eigenvalue weighted by Gasteiger charge is -2.41. The van der Waals surface area contributed by atoms with Crippen LogP contribution in [-0.2, 0) is 6.54 Å². The van der Waals surface area contributed by atoms with Crippen molar-refractivity contribution >= 4 is 28.3 Å². The molecule has 3 aromatic rings. The summed E-state index contributed by atoms with van der Waals surface area (Å²) in [6.07, 6.45) is 3.49. The van der Waals surface area contributed by atoms with Crippen LogP contribution in [0.1, 0.15) is 18.4 Å². The monoisotopic (exact) mass is 419 g/mol. The quantitative estimate of drug-likeness (QED) is 0.695. The lowest BCUT2D eigenvalue weighted by molar-refractivity contribution is 0.167. The van der Waals surface area contributed by atoms with Crippen LogP contribution in [0.25, 0.3) is 10.8 Å². The molecule has 1 aromatic heterocycles. The smallest absolute Gasteiger partial charge is 0.322 e. The van der Waals surface area contributed by atoms with Crippen molar-refractivity contribution < 1.29 is 14.3 Å². The number of hydrogen-bond acceptors (Lipinski definition) is 6. The molecule has 0 atom stereocenters. The molecule has 0 unspecified atom stereocenters. The first-order valence-corrected chi connectivity index (χ1v) is 10.5. The van der Waals surface area contributed by atoms with Crippen molar-refractivity contribution in [2.45, 2.75) is 25.4 Å². The fourth-order valence-corrected chi connectivity index (χ4v) is 4.54. The molecule has 31 heavy (non-hydrogen) atoms. The Morgan fingerprint density at radius 2 is 1.81 bits per heavy atom. The summed E-state index contributed by atoms with van der Waals surface area (Å²) in [5.74, 6) is 2.18. The molecule has 5 rings (SSSR count). The third kappa shape index (κ3) is 3.48. The van der Waals surface area contributed by atoms with Gasteiger partial charge in [-0.25, -0.2) is 4.79 Å². The topological polar surface area (TPSA) is 79.8 Å². The molecule has 0 spiro atoms. The summed E-state index contributed by atoms with van der Waals surface area (Å²) in [5, 5.41) is 13.6. The van der Waals surface area contributed by atoms with E-state index in [9.17, 15) is 4.79 Å².